The Kier molecular flexibility index (Phi) is 6.85. The first-order chi connectivity index (χ1) is 15.3. The molecule has 1 N–H and O–H groups in total. The maximum absolute atomic E-state index is 13.0. The number of benzene rings is 2. The smallest absolute Gasteiger partial charge is 0.246 e. The molecule has 0 radical (unpaired) electrons. The summed E-state index contributed by atoms with van der Waals surface area (Å²) in [7, 11) is -3.84. The summed E-state index contributed by atoms with van der Waals surface area (Å²) in [4.78, 5) is 12.6. The average molecular weight is 493 g/mol. The molecule has 3 aromatic rings. The zero-order chi connectivity index (χ0) is 22.7. The molecule has 2 aromatic carbocycles. The van der Waals surface area contributed by atoms with Gasteiger partial charge < -0.3 is 5.32 Å². The summed E-state index contributed by atoms with van der Waals surface area (Å²) in [5, 5.41) is 7.42. The second-order valence-corrected chi connectivity index (χ2v) is 10.3. The molecule has 7 nitrogen and oxygen atoms in total. The minimum absolute atomic E-state index is 0.0865. The molecule has 1 aliphatic heterocycles. The third kappa shape index (κ3) is 4.99. The van der Waals surface area contributed by atoms with Gasteiger partial charge in [0.15, 0.2) is 5.82 Å². The molecule has 0 aliphatic carbocycles. The van der Waals surface area contributed by atoms with E-state index >= 15 is 0 Å². The maximum Gasteiger partial charge on any atom is 0.246 e. The number of sulfonamides is 1. The third-order valence-corrected chi connectivity index (χ3v) is 8.28. The van der Waals surface area contributed by atoms with Gasteiger partial charge in [-0.2, -0.15) is 9.40 Å². The van der Waals surface area contributed by atoms with E-state index in [-0.39, 0.29) is 39.9 Å². The molecule has 2 heterocycles. The summed E-state index contributed by atoms with van der Waals surface area (Å²) >= 11 is 12.2. The van der Waals surface area contributed by atoms with Crippen molar-refractivity contribution in [1.29, 1.82) is 0 Å². The maximum atomic E-state index is 13.0. The minimum Gasteiger partial charge on any atom is -0.309 e. The molecule has 0 bridgehead atoms. The van der Waals surface area contributed by atoms with Gasteiger partial charge in [-0.15, -0.1) is 0 Å². The van der Waals surface area contributed by atoms with Crippen LogP contribution in [0.25, 0.3) is 0 Å². The quantitative estimate of drug-likeness (QED) is 0.556. The van der Waals surface area contributed by atoms with Gasteiger partial charge in [-0.25, -0.2) is 8.42 Å². The van der Waals surface area contributed by atoms with E-state index in [4.69, 9.17) is 23.2 Å². The Morgan fingerprint density at radius 3 is 2.31 bits per heavy atom. The lowest BCUT2D eigenvalue weighted by Crippen LogP contribution is -2.41. The van der Waals surface area contributed by atoms with E-state index in [0.29, 0.717) is 25.2 Å². The lowest BCUT2D eigenvalue weighted by molar-refractivity contribution is -0.120. The van der Waals surface area contributed by atoms with Gasteiger partial charge in [-0.1, -0.05) is 59.6 Å². The molecule has 0 unspecified atom stereocenters. The Balaban J connectivity index is 1.35. The van der Waals surface area contributed by atoms with Crippen molar-refractivity contribution < 1.29 is 13.2 Å². The predicted molar refractivity (Wildman–Crippen MR) is 124 cm³/mol. The highest BCUT2D eigenvalue weighted by Gasteiger charge is 2.34. The highest BCUT2D eigenvalue weighted by atomic mass is 35.5. The topological polar surface area (TPSA) is 84.3 Å². The van der Waals surface area contributed by atoms with Crippen LogP contribution in [0.5, 0.6) is 0 Å². The second kappa shape index (κ2) is 9.62. The van der Waals surface area contributed by atoms with Crippen molar-refractivity contribution in [1.82, 2.24) is 14.1 Å². The fourth-order valence-electron chi connectivity index (χ4n) is 3.73. The predicted octanol–water partition coefficient (Wildman–Crippen LogP) is 4.28. The molecule has 1 saturated heterocycles. The minimum atomic E-state index is -3.84. The van der Waals surface area contributed by atoms with Gasteiger partial charge in [0.25, 0.3) is 0 Å². The van der Waals surface area contributed by atoms with Crippen LogP contribution in [0.15, 0.2) is 65.7 Å². The highest BCUT2D eigenvalue weighted by molar-refractivity contribution is 7.89. The summed E-state index contributed by atoms with van der Waals surface area (Å²) in [6, 6.07) is 16.3. The average Bonchev–Trinajstić information content (AvgIpc) is 3.21. The van der Waals surface area contributed by atoms with Crippen molar-refractivity contribution in [2.45, 2.75) is 24.3 Å². The van der Waals surface area contributed by atoms with Gasteiger partial charge in [-0.05, 0) is 30.5 Å². The first kappa shape index (κ1) is 22.8. The van der Waals surface area contributed by atoms with Crippen molar-refractivity contribution in [2.24, 2.45) is 5.92 Å². The Bertz CT molecular complexity index is 1190. The van der Waals surface area contributed by atoms with Crippen molar-refractivity contribution >= 4 is 45.0 Å². The van der Waals surface area contributed by atoms with Gasteiger partial charge in [-0.3, -0.25) is 9.48 Å². The van der Waals surface area contributed by atoms with E-state index in [2.05, 4.69) is 10.4 Å². The highest BCUT2D eigenvalue weighted by Crippen LogP contribution is 2.33. The largest absolute Gasteiger partial charge is 0.309 e. The molecule has 0 atom stereocenters. The summed E-state index contributed by atoms with van der Waals surface area (Å²) in [5.74, 6) is 0.00839. The van der Waals surface area contributed by atoms with Crippen molar-refractivity contribution in [3.05, 3.63) is 76.4 Å². The van der Waals surface area contributed by atoms with Crippen LogP contribution in [-0.4, -0.2) is 41.5 Å². The summed E-state index contributed by atoms with van der Waals surface area (Å²) in [6.07, 6.45) is 2.61. The second-order valence-electron chi connectivity index (χ2n) is 7.60. The number of hydrogen-bond donors (Lipinski definition) is 1. The Morgan fingerprint density at radius 2 is 1.66 bits per heavy atom. The molecular weight excluding hydrogens is 471 g/mol. The molecule has 1 aromatic heterocycles. The van der Waals surface area contributed by atoms with E-state index in [1.54, 1.807) is 16.8 Å². The van der Waals surface area contributed by atoms with Gasteiger partial charge in [0.1, 0.15) is 4.90 Å². The molecule has 1 aliphatic rings. The van der Waals surface area contributed by atoms with Crippen LogP contribution < -0.4 is 5.32 Å². The molecular formula is C22H22Cl2N4O3S. The number of carbonyl (C=O) groups excluding carboxylic acids is 1. The monoisotopic (exact) mass is 492 g/mol. The zero-order valence-electron chi connectivity index (χ0n) is 17.1. The number of anilines is 1. The molecule has 10 heteroatoms. The van der Waals surface area contributed by atoms with Gasteiger partial charge >= 0.3 is 0 Å². The van der Waals surface area contributed by atoms with E-state index in [1.807, 2.05) is 36.5 Å². The fraction of sp³-hybridized carbons (Fsp3) is 0.273. The van der Waals surface area contributed by atoms with Crippen molar-refractivity contribution in [2.75, 3.05) is 18.4 Å². The third-order valence-electron chi connectivity index (χ3n) is 5.42. The van der Waals surface area contributed by atoms with Crippen molar-refractivity contribution in [3.63, 3.8) is 0 Å². The molecule has 168 valence electrons. The number of hydrogen-bond acceptors (Lipinski definition) is 4. The summed E-state index contributed by atoms with van der Waals surface area (Å²) in [6.45, 7) is 1.03. The van der Waals surface area contributed by atoms with Crippen LogP contribution in [0.3, 0.4) is 0 Å². The Morgan fingerprint density at radius 1 is 1.00 bits per heavy atom. The van der Waals surface area contributed by atoms with Crippen LogP contribution in [0, 0.1) is 5.92 Å². The van der Waals surface area contributed by atoms with Crippen LogP contribution in [0.4, 0.5) is 5.82 Å². The van der Waals surface area contributed by atoms with Gasteiger partial charge in [0.05, 0.1) is 16.6 Å². The van der Waals surface area contributed by atoms with Crippen LogP contribution in [0.1, 0.15) is 18.4 Å². The van der Waals surface area contributed by atoms with E-state index in [0.717, 1.165) is 5.56 Å². The van der Waals surface area contributed by atoms with Crippen LogP contribution in [0.2, 0.25) is 10.0 Å². The molecule has 1 amide bonds. The van der Waals surface area contributed by atoms with E-state index in [1.165, 1.54) is 16.4 Å². The number of aromatic nitrogens is 2. The molecule has 0 saturated carbocycles. The number of amides is 1. The van der Waals surface area contributed by atoms with Crippen LogP contribution >= 0.6 is 23.2 Å². The first-order valence-corrected chi connectivity index (χ1v) is 12.4. The SMILES string of the molecule is O=C(Nc1ccn(Cc2ccccc2)n1)C1CCN(S(=O)(=O)c2c(Cl)cccc2Cl)CC1. The molecule has 32 heavy (non-hydrogen) atoms. The Labute approximate surface area is 197 Å². The lowest BCUT2D eigenvalue weighted by Gasteiger charge is -2.30. The van der Waals surface area contributed by atoms with Gasteiger partial charge in [0, 0.05) is 31.3 Å². The number of carbonyl (C=O) groups is 1. The summed E-state index contributed by atoms with van der Waals surface area (Å²) < 4.78 is 29.1. The zero-order valence-corrected chi connectivity index (χ0v) is 19.4. The van der Waals surface area contributed by atoms with Crippen molar-refractivity contribution in [3.8, 4) is 0 Å². The lowest BCUT2D eigenvalue weighted by atomic mass is 9.97. The molecule has 0 spiro atoms. The van der Waals surface area contributed by atoms with Crippen LogP contribution in [-0.2, 0) is 21.4 Å². The van der Waals surface area contributed by atoms with E-state index in [9.17, 15) is 13.2 Å². The molecule has 4 rings (SSSR count). The fourth-order valence-corrected chi connectivity index (χ4v) is 6.29. The number of piperidine rings is 1. The Hall–Kier alpha value is -2.39. The van der Waals surface area contributed by atoms with E-state index < -0.39 is 10.0 Å². The number of nitrogens with one attached hydrogen (secondary N) is 1. The number of halogens is 2. The normalized spacial score (nSPS) is 15.6. The number of rotatable bonds is 6. The molecule has 1 fully saturated rings. The standard InChI is InChI=1S/C22H22Cl2N4O3S/c23-18-7-4-8-19(24)21(18)32(30,31)28-13-9-17(10-14-28)22(29)25-20-11-12-27(26-20)15-16-5-2-1-3-6-16/h1-8,11-12,17H,9-10,13-15H2,(H,25,26,29). The first-order valence-electron chi connectivity index (χ1n) is 10.2. The van der Waals surface area contributed by atoms with Gasteiger partial charge in [0.2, 0.25) is 15.9 Å². The summed E-state index contributed by atoms with van der Waals surface area (Å²) in [5.41, 5.74) is 1.11. The number of nitrogens with zero attached hydrogens (tertiary/aromatic N) is 3.